The number of thiophene rings is 1. The Morgan fingerprint density at radius 2 is 2.30 bits per heavy atom. The van der Waals surface area contributed by atoms with Crippen LogP contribution in [0.1, 0.15) is 24.1 Å². The van der Waals surface area contributed by atoms with Crippen LogP contribution < -0.4 is 10.6 Å². The summed E-state index contributed by atoms with van der Waals surface area (Å²) in [6.45, 7) is 3.79. The van der Waals surface area contributed by atoms with Gasteiger partial charge < -0.3 is 15.4 Å². The standard InChI is InChI=1S/C14H20N4OS/c1-9-7-11-12(16-8-10-5-3-4-6-19-10)17-14(15-2)18-13(11)20-9/h7,10H,3-6,8H2,1-2H3,(H2,15,16,17,18). The van der Waals surface area contributed by atoms with Crippen molar-refractivity contribution in [2.75, 3.05) is 30.8 Å². The number of ether oxygens (including phenoxy) is 1. The quantitative estimate of drug-likeness (QED) is 0.907. The van der Waals surface area contributed by atoms with Gasteiger partial charge in [0.15, 0.2) is 0 Å². The normalized spacial score (nSPS) is 19.2. The highest BCUT2D eigenvalue weighted by Crippen LogP contribution is 2.29. The maximum absolute atomic E-state index is 5.75. The van der Waals surface area contributed by atoms with Crippen LogP contribution in [0.3, 0.4) is 0 Å². The van der Waals surface area contributed by atoms with E-state index in [2.05, 4.69) is 33.6 Å². The summed E-state index contributed by atoms with van der Waals surface area (Å²) in [5, 5.41) is 7.56. The predicted octanol–water partition coefficient (Wildman–Crippen LogP) is 3.02. The maximum atomic E-state index is 5.75. The second-order valence-electron chi connectivity index (χ2n) is 5.09. The summed E-state index contributed by atoms with van der Waals surface area (Å²) in [5.41, 5.74) is 0. The number of anilines is 2. The van der Waals surface area contributed by atoms with Gasteiger partial charge in [0.2, 0.25) is 5.95 Å². The highest BCUT2D eigenvalue weighted by atomic mass is 32.1. The van der Waals surface area contributed by atoms with Crippen molar-refractivity contribution in [1.29, 1.82) is 0 Å². The summed E-state index contributed by atoms with van der Waals surface area (Å²) in [4.78, 5) is 11.3. The molecule has 1 saturated heterocycles. The molecule has 0 bridgehead atoms. The van der Waals surface area contributed by atoms with Crippen molar-refractivity contribution in [2.45, 2.75) is 32.3 Å². The molecule has 0 radical (unpaired) electrons. The molecule has 3 rings (SSSR count). The topological polar surface area (TPSA) is 59.1 Å². The van der Waals surface area contributed by atoms with E-state index in [1.807, 2.05) is 7.05 Å². The molecule has 1 unspecified atom stereocenters. The van der Waals surface area contributed by atoms with E-state index in [1.54, 1.807) is 11.3 Å². The SMILES string of the molecule is CNc1nc(NCC2CCCCO2)c2cc(C)sc2n1. The summed E-state index contributed by atoms with van der Waals surface area (Å²) in [6, 6.07) is 2.14. The largest absolute Gasteiger partial charge is 0.376 e. The molecule has 1 aliphatic heterocycles. The van der Waals surface area contributed by atoms with Crippen molar-refractivity contribution in [3.8, 4) is 0 Å². The molecule has 3 heterocycles. The lowest BCUT2D eigenvalue weighted by Crippen LogP contribution is -2.27. The summed E-state index contributed by atoms with van der Waals surface area (Å²) >= 11 is 1.69. The van der Waals surface area contributed by atoms with Gasteiger partial charge in [0.25, 0.3) is 0 Å². The van der Waals surface area contributed by atoms with Crippen LogP contribution in [-0.4, -0.2) is 36.3 Å². The molecule has 6 heteroatoms. The molecule has 0 aromatic carbocycles. The zero-order valence-electron chi connectivity index (χ0n) is 11.9. The highest BCUT2D eigenvalue weighted by molar-refractivity contribution is 7.18. The third-order valence-electron chi connectivity index (χ3n) is 3.51. The van der Waals surface area contributed by atoms with Crippen molar-refractivity contribution in [1.82, 2.24) is 9.97 Å². The van der Waals surface area contributed by atoms with Crippen LogP contribution >= 0.6 is 11.3 Å². The van der Waals surface area contributed by atoms with Crippen molar-refractivity contribution in [3.05, 3.63) is 10.9 Å². The third kappa shape index (κ3) is 2.86. The second kappa shape index (κ2) is 5.93. The van der Waals surface area contributed by atoms with Gasteiger partial charge in [-0.15, -0.1) is 11.3 Å². The Labute approximate surface area is 122 Å². The first kappa shape index (κ1) is 13.6. The molecule has 20 heavy (non-hydrogen) atoms. The Bertz CT molecular complexity index is 592. The zero-order valence-corrected chi connectivity index (χ0v) is 12.7. The Morgan fingerprint density at radius 3 is 3.05 bits per heavy atom. The number of fused-ring (bicyclic) bond motifs is 1. The number of nitrogens with one attached hydrogen (secondary N) is 2. The van der Waals surface area contributed by atoms with E-state index in [9.17, 15) is 0 Å². The average Bonchev–Trinajstić information content (AvgIpc) is 2.86. The van der Waals surface area contributed by atoms with E-state index in [4.69, 9.17) is 4.74 Å². The number of rotatable bonds is 4. The predicted molar refractivity (Wildman–Crippen MR) is 83.8 cm³/mol. The number of aryl methyl sites for hydroxylation is 1. The van der Waals surface area contributed by atoms with Gasteiger partial charge >= 0.3 is 0 Å². The lowest BCUT2D eigenvalue weighted by Gasteiger charge is -2.23. The van der Waals surface area contributed by atoms with E-state index < -0.39 is 0 Å². The second-order valence-corrected chi connectivity index (χ2v) is 6.33. The third-order valence-corrected chi connectivity index (χ3v) is 4.46. The summed E-state index contributed by atoms with van der Waals surface area (Å²) < 4.78 is 5.75. The van der Waals surface area contributed by atoms with Gasteiger partial charge in [-0.05, 0) is 32.3 Å². The molecule has 5 nitrogen and oxygen atoms in total. The smallest absolute Gasteiger partial charge is 0.225 e. The Balaban J connectivity index is 1.81. The van der Waals surface area contributed by atoms with Crippen LogP contribution in [0.15, 0.2) is 6.07 Å². The van der Waals surface area contributed by atoms with Gasteiger partial charge in [-0.2, -0.15) is 4.98 Å². The molecule has 1 fully saturated rings. The first-order valence-electron chi connectivity index (χ1n) is 7.07. The molecule has 108 valence electrons. The van der Waals surface area contributed by atoms with E-state index in [0.717, 1.165) is 35.6 Å². The minimum atomic E-state index is 0.298. The van der Waals surface area contributed by atoms with Crippen LogP contribution in [0.4, 0.5) is 11.8 Å². The molecule has 1 aliphatic rings. The molecule has 1 atom stereocenters. The van der Waals surface area contributed by atoms with Crippen molar-refractivity contribution >= 4 is 33.3 Å². The Hall–Kier alpha value is -1.40. The minimum Gasteiger partial charge on any atom is -0.376 e. The molecule has 2 N–H and O–H groups in total. The molecule has 0 spiro atoms. The fourth-order valence-electron chi connectivity index (χ4n) is 2.47. The number of aromatic nitrogens is 2. The van der Waals surface area contributed by atoms with Crippen LogP contribution in [-0.2, 0) is 4.74 Å². The van der Waals surface area contributed by atoms with Crippen molar-refractivity contribution in [2.24, 2.45) is 0 Å². The molecule has 2 aromatic heterocycles. The zero-order chi connectivity index (χ0) is 13.9. The van der Waals surface area contributed by atoms with Gasteiger partial charge in [-0.25, -0.2) is 4.98 Å². The van der Waals surface area contributed by atoms with Gasteiger partial charge in [0.05, 0.1) is 11.5 Å². The minimum absolute atomic E-state index is 0.298. The molecular weight excluding hydrogens is 272 g/mol. The van der Waals surface area contributed by atoms with Crippen LogP contribution in [0.2, 0.25) is 0 Å². The van der Waals surface area contributed by atoms with Gasteiger partial charge in [0, 0.05) is 25.1 Å². The summed E-state index contributed by atoms with van der Waals surface area (Å²) in [7, 11) is 1.84. The lowest BCUT2D eigenvalue weighted by molar-refractivity contribution is 0.0247. The fourth-order valence-corrected chi connectivity index (χ4v) is 3.35. The van der Waals surface area contributed by atoms with Crippen LogP contribution in [0.5, 0.6) is 0 Å². The van der Waals surface area contributed by atoms with E-state index in [0.29, 0.717) is 12.1 Å². The van der Waals surface area contributed by atoms with E-state index in [-0.39, 0.29) is 0 Å². The first-order valence-corrected chi connectivity index (χ1v) is 7.89. The monoisotopic (exact) mass is 292 g/mol. The average molecular weight is 292 g/mol. The highest BCUT2D eigenvalue weighted by Gasteiger charge is 2.15. The Kier molecular flexibility index (Phi) is 4.03. The fraction of sp³-hybridized carbons (Fsp3) is 0.571. The van der Waals surface area contributed by atoms with Crippen LogP contribution in [0.25, 0.3) is 10.2 Å². The summed E-state index contributed by atoms with van der Waals surface area (Å²) in [5.74, 6) is 1.56. The van der Waals surface area contributed by atoms with Gasteiger partial charge in [-0.3, -0.25) is 0 Å². The molecule has 2 aromatic rings. The maximum Gasteiger partial charge on any atom is 0.225 e. The molecule has 0 amide bonds. The number of nitrogens with zero attached hydrogens (tertiary/aromatic N) is 2. The van der Waals surface area contributed by atoms with E-state index in [1.165, 1.54) is 17.7 Å². The first-order chi connectivity index (χ1) is 9.76. The summed E-state index contributed by atoms with van der Waals surface area (Å²) in [6.07, 6.45) is 3.86. The van der Waals surface area contributed by atoms with Crippen molar-refractivity contribution in [3.63, 3.8) is 0 Å². The molecule has 0 saturated carbocycles. The van der Waals surface area contributed by atoms with Crippen LogP contribution in [0, 0.1) is 6.92 Å². The van der Waals surface area contributed by atoms with Gasteiger partial charge in [-0.1, -0.05) is 0 Å². The van der Waals surface area contributed by atoms with Gasteiger partial charge in [0.1, 0.15) is 10.6 Å². The Morgan fingerprint density at radius 1 is 1.40 bits per heavy atom. The number of hydrogen-bond acceptors (Lipinski definition) is 6. The lowest BCUT2D eigenvalue weighted by atomic mass is 10.1. The van der Waals surface area contributed by atoms with E-state index >= 15 is 0 Å². The number of hydrogen-bond donors (Lipinski definition) is 2. The van der Waals surface area contributed by atoms with Crippen molar-refractivity contribution < 1.29 is 4.74 Å². The molecule has 0 aliphatic carbocycles. The molecular formula is C14H20N4OS.